The van der Waals surface area contributed by atoms with Gasteiger partial charge in [0, 0.05) is 23.1 Å². The summed E-state index contributed by atoms with van der Waals surface area (Å²) in [6, 6.07) is 16.5. The summed E-state index contributed by atoms with van der Waals surface area (Å²) in [6.07, 6.45) is 16.0. The molecule has 0 saturated heterocycles. The molecule has 2 aromatic rings. The van der Waals surface area contributed by atoms with Crippen LogP contribution in [0.1, 0.15) is 29.2 Å². The number of carbonyl (C=O) groups is 1. The van der Waals surface area contributed by atoms with Crippen molar-refractivity contribution in [3.05, 3.63) is 125 Å². The van der Waals surface area contributed by atoms with E-state index in [0.29, 0.717) is 12.0 Å². The Morgan fingerprint density at radius 3 is 2.62 bits per heavy atom. The molecular formula is C29H22N4O. The third-order valence-corrected chi connectivity index (χ3v) is 6.68. The fraction of sp³-hybridized carbons (Fsp3) is 0.103. The molecular weight excluding hydrogens is 420 g/mol. The number of carbonyl (C=O) groups excluding carboxylic acids is 1. The summed E-state index contributed by atoms with van der Waals surface area (Å²) < 4.78 is 0. The first-order chi connectivity index (χ1) is 16.7. The second kappa shape index (κ2) is 8.09. The van der Waals surface area contributed by atoms with Crippen LogP contribution in [0.5, 0.6) is 0 Å². The summed E-state index contributed by atoms with van der Waals surface area (Å²) in [5.41, 5.74) is 8.92. The van der Waals surface area contributed by atoms with Gasteiger partial charge in [-0.25, -0.2) is 0 Å². The fourth-order valence-corrected chi connectivity index (χ4v) is 5.08. The lowest BCUT2D eigenvalue weighted by atomic mass is 9.93. The summed E-state index contributed by atoms with van der Waals surface area (Å²) in [7, 11) is 0. The van der Waals surface area contributed by atoms with Gasteiger partial charge in [-0.2, -0.15) is 5.26 Å². The molecule has 164 valence electrons. The third kappa shape index (κ3) is 3.20. The number of dihydropyridines is 1. The first-order valence-electron chi connectivity index (χ1n) is 11.3. The minimum Gasteiger partial charge on any atom is -0.368 e. The average Bonchev–Trinajstić information content (AvgIpc) is 3.39. The number of hydrogen-bond acceptors (Lipinski definition) is 4. The zero-order chi connectivity index (χ0) is 23.1. The van der Waals surface area contributed by atoms with E-state index in [0.717, 1.165) is 44.5 Å². The van der Waals surface area contributed by atoms with Gasteiger partial charge in [-0.05, 0) is 64.0 Å². The quantitative estimate of drug-likeness (QED) is 0.653. The van der Waals surface area contributed by atoms with Crippen LogP contribution in [0.2, 0.25) is 0 Å². The number of nitrogens with one attached hydrogen (secondary N) is 3. The van der Waals surface area contributed by atoms with Crippen molar-refractivity contribution in [3.63, 3.8) is 0 Å². The average molecular weight is 443 g/mol. The molecule has 0 aromatic heterocycles. The molecule has 4 aliphatic rings. The lowest BCUT2D eigenvalue weighted by molar-refractivity contribution is -0.117. The van der Waals surface area contributed by atoms with Crippen LogP contribution < -0.4 is 16.0 Å². The molecule has 2 aliphatic carbocycles. The topological polar surface area (TPSA) is 77.0 Å². The van der Waals surface area contributed by atoms with Crippen LogP contribution in [-0.2, 0) is 4.79 Å². The van der Waals surface area contributed by atoms with Crippen molar-refractivity contribution in [1.29, 1.82) is 5.26 Å². The molecule has 0 saturated carbocycles. The predicted molar refractivity (Wildman–Crippen MR) is 133 cm³/mol. The molecule has 2 atom stereocenters. The predicted octanol–water partition coefficient (Wildman–Crippen LogP) is 4.52. The van der Waals surface area contributed by atoms with Gasteiger partial charge >= 0.3 is 0 Å². The molecule has 3 N–H and O–H groups in total. The van der Waals surface area contributed by atoms with Crippen molar-refractivity contribution in [2.45, 2.75) is 18.6 Å². The lowest BCUT2D eigenvalue weighted by Gasteiger charge is -2.22. The molecule has 34 heavy (non-hydrogen) atoms. The Bertz CT molecular complexity index is 1440. The van der Waals surface area contributed by atoms with Crippen LogP contribution in [0.4, 0.5) is 0 Å². The molecule has 1 amide bonds. The Hall–Kier alpha value is -4.56. The Balaban J connectivity index is 1.43. The largest absolute Gasteiger partial charge is 0.368 e. The van der Waals surface area contributed by atoms with Gasteiger partial charge in [-0.3, -0.25) is 4.79 Å². The van der Waals surface area contributed by atoms with E-state index < -0.39 is 0 Å². The van der Waals surface area contributed by atoms with Gasteiger partial charge in [0.1, 0.15) is 6.17 Å². The molecule has 2 aromatic carbocycles. The van der Waals surface area contributed by atoms with Gasteiger partial charge in [0.05, 0.1) is 12.1 Å². The SMILES string of the molecule is N#CC1=CC=C(c2cccc3c2-c2ccccc2C3NC(=O)C2=C3C=CNC3NC=C2)C=CC1. The minimum atomic E-state index is -0.243. The Morgan fingerprint density at radius 2 is 1.74 bits per heavy atom. The van der Waals surface area contributed by atoms with E-state index >= 15 is 0 Å². The molecule has 0 radical (unpaired) electrons. The smallest absolute Gasteiger partial charge is 0.252 e. The highest BCUT2D eigenvalue weighted by Crippen LogP contribution is 2.47. The van der Waals surface area contributed by atoms with Crippen LogP contribution in [0.25, 0.3) is 16.7 Å². The zero-order valence-corrected chi connectivity index (χ0v) is 18.4. The van der Waals surface area contributed by atoms with Crippen molar-refractivity contribution in [1.82, 2.24) is 16.0 Å². The van der Waals surface area contributed by atoms with Crippen molar-refractivity contribution in [2.24, 2.45) is 0 Å². The van der Waals surface area contributed by atoms with E-state index in [-0.39, 0.29) is 18.1 Å². The summed E-state index contributed by atoms with van der Waals surface area (Å²) in [6.45, 7) is 0. The highest BCUT2D eigenvalue weighted by atomic mass is 16.1. The van der Waals surface area contributed by atoms with Crippen molar-refractivity contribution in [2.75, 3.05) is 0 Å². The number of nitrogens with zero attached hydrogens (tertiary/aromatic N) is 1. The van der Waals surface area contributed by atoms with Gasteiger partial charge in [-0.15, -0.1) is 0 Å². The Kier molecular flexibility index (Phi) is 4.78. The van der Waals surface area contributed by atoms with Crippen LogP contribution in [0.3, 0.4) is 0 Å². The molecule has 0 fully saturated rings. The second-order valence-corrected chi connectivity index (χ2v) is 8.60. The summed E-state index contributed by atoms with van der Waals surface area (Å²) in [5, 5.41) is 19.0. The highest BCUT2D eigenvalue weighted by molar-refractivity contribution is 6.00. The second-order valence-electron chi connectivity index (χ2n) is 8.60. The number of rotatable bonds is 3. The third-order valence-electron chi connectivity index (χ3n) is 6.68. The monoisotopic (exact) mass is 442 g/mol. The van der Waals surface area contributed by atoms with Gasteiger partial charge in [0.25, 0.3) is 5.91 Å². The zero-order valence-electron chi connectivity index (χ0n) is 18.4. The van der Waals surface area contributed by atoms with E-state index in [2.05, 4.69) is 52.4 Å². The van der Waals surface area contributed by atoms with Gasteiger partial charge < -0.3 is 16.0 Å². The van der Waals surface area contributed by atoms with Crippen LogP contribution in [0, 0.1) is 11.3 Å². The number of hydrogen-bond donors (Lipinski definition) is 3. The van der Waals surface area contributed by atoms with Crippen molar-refractivity contribution < 1.29 is 4.79 Å². The number of nitriles is 1. The van der Waals surface area contributed by atoms with Crippen LogP contribution in [0.15, 0.2) is 108 Å². The first-order valence-corrected chi connectivity index (χ1v) is 11.3. The molecule has 2 heterocycles. The Labute approximate surface area is 198 Å². The molecule has 6 rings (SSSR count). The van der Waals surface area contributed by atoms with Crippen molar-refractivity contribution >= 4 is 11.5 Å². The number of amides is 1. The van der Waals surface area contributed by atoms with Gasteiger partial charge in [0.2, 0.25) is 0 Å². The molecule has 5 heteroatoms. The maximum atomic E-state index is 13.4. The number of benzene rings is 2. The van der Waals surface area contributed by atoms with E-state index in [1.165, 1.54) is 0 Å². The normalized spacial score (nSPS) is 21.3. The number of allylic oxidation sites excluding steroid dienone is 6. The van der Waals surface area contributed by atoms with Gasteiger partial charge in [-0.1, -0.05) is 60.7 Å². The molecule has 2 unspecified atom stereocenters. The maximum absolute atomic E-state index is 13.4. The van der Waals surface area contributed by atoms with Crippen LogP contribution >= 0.6 is 0 Å². The van der Waals surface area contributed by atoms with Gasteiger partial charge in [0.15, 0.2) is 0 Å². The molecule has 5 nitrogen and oxygen atoms in total. The summed E-state index contributed by atoms with van der Waals surface area (Å²) in [4.78, 5) is 13.4. The van der Waals surface area contributed by atoms with E-state index in [9.17, 15) is 10.1 Å². The van der Waals surface area contributed by atoms with Crippen molar-refractivity contribution in [3.8, 4) is 17.2 Å². The molecule has 2 aliphatic heterocycles. The summed E-state index contributed by atoms with van der Waals surface area (Å²) in [5.74, 6) is -0.0978. The maximum Gasteiger partial charge on any atom is 0.252 e. The molecule has 0 spiro atoms. The van der Waals surface area contributed by atoms with E-state index in [1.807, 2.05) is 61.0 Å². The summed E-state index contributed by atoms with van der Waals surface area (Å²) >= 11 is 0. The molecule has 0 bridgehead atoms. The fourth-order valence-electron chi connectivity index (χ4n) is 5.08. The Morgan fingerprint density at radius 1 is 0.941 bits per heavy atom. The first kappa shape index (κ1) is 20.1. The number of fused-ring (bicyclic) bond motifs is 4. The lowest BCUT2D eigenvalue weighted by Crippen LogP contribution is -2.39. The highest BCUT2D eigenvalue weighted by Gasteiger charge is 2.33. The van der Waals surface area contributed by atoms with E-state index in [1.54, 1.807) is 0 Å². The minimum absolute atomic E-state index is 0.0687. The van der Waals surface area contributed by atoms with E-state index in [4.69, 9.17) is 0 Å². The van der Waals surface area contributed by atoms with Crippen LogP contribution in [-0.4, -0.2) is 12.1 Å². The standard InChI is InChI=1S/C29H22N4O/c30-17-18-5-3-6-19(12-11-18)20-9-4-10-25-26(20)21-7-1-2-8-22(21)27(25)33-29(34)24-14-16-32-28-23(24)13-15-31-28/h1-4,6-16,27-28,31-32H,5H2,(H,33,34).